The van der Waals surface area contributed by atoms with Crippen LogP contribution in [-0.2, 0) is 14.2 Å². The third-order valence-electron chi connectivity index (χ3n) is 8.52. The van der Waals surface area contributed by atoms with E-state index >= 15 is 0 Å². The minimum Gasteiger partial charge on any atom is -0.390 e. The molecule has 160 valence electrons. The van der Waals surface area contributed by atoms with Crippen LogP contribution in [0.15, 0.2) is 12.7 Å². The van der Waals surface area contributed by atoms with Crippen molar-refractivity contribution < 1.29 is 24.4 Å². The first-order chi connectivity index (χ1) is 12.7. The lowest BCUT2D eigenvalue weighted by molar-refractivity contribution is -0.343. The topological polar surface area (TPSA) is 68.2 Å². The number of rotatable bonds is 1. The number of aliphatic hydroxyl groups excluding tert-OH is 2. The molecule has 0 spiro atoms. The van der Waals surface area contributed by atoms with E-state index in [4.69, 9.17) is 14.2 Å². The van der Waals surface area contributed by atoms with Crippen LogP contribution in [0.3, 0.4) is 0 Å². The molecule has 5 nitrogen and oxygen atoms in total. The molecule has 2 aliphatic heterocycles. The van der Waals surface area contributed by atoms with E-state index in [9.17, 15) is 10.2 Å². The lowest BCUT2D eigenvalue weighted by Crippen LogP contribution is -2.77. The van der Waals surface area contributed by atoms with Crippen molar-refractivity contribution in [3.8, 4) is 0 Å². The highest BCUT2D eigenvalue weighted by Gasteiger charge is 2.74. The monoisotopic (exact) mass is 394 g/mol. The van der Waals surface area contributed by atoms with Crippen molar-refractivity contribution in [3.05, 3.63) is 12.7 Å². The predicted octanol–water partition coefficient (Wildman–Crippen LogP) is 3.42. The molecule has 9 atom stereocenters. The summed E-state index contributed by atoms with van der Waals surface area (Å²) in [7, 11) is 0. The zero-order valence-electron chi connectivity index (χ0n) is 18.5. The number of hydrogen-bond donors (Lipinski definition) is 2. The van der Waals surface area contributed by atoms with Gasteiger partial charge in [0.2, 0.25) is 0 Å². The van der Waals surface area contributed by atoms with Gasteiger partial charge in [-0.15, -0.1) is 6.58 Å². The van der Waals surface area contributed by atoms with Crippen LogP contribution in [0.5, 0.6) is 0 Å². The fraction of sp³-hybridized carbons (Fsp3) is 0.913. The summed E-state index contributed by atoms with van der Waals surface area (Å²) in [5, 5.41) is 22.8. The van der Waals surface area contributed by atoms with Crippen LogP contribution in [0.25, 0.3) is 0 Å². The van der Waals surface area contributed by atoms with Gasteiger partial charge in [0.15, 0.2) is 5.79 Å². The molecule has 2 N–H and O–H groups in total. The predicted molar refractivity (Wildman–Crippen MR) is 107 cm³/mol. The largest absolute Gasteiger partial charge is 0.390 e. The van der Waals surface area contributed by atoms with Crippen LogP contribution in [0.4, 0.5) is 0 Å². The number of aliphatic hydroxyl groups is 2. The molecule has 4 aliphatic rings. The van der Waals surface area contributed by atoms with Crippen LogP contribution >= 0.6 is 0 Å². The molecule has 28 heavy (non-hydrogen) atoms. The van der Waals surface area contributed by atoms with Crippen LogP contribution in [-0.4, -0.2) is 51.6 Å². The first kappa shape index (κ1) is 20.8. The molecule has 0 unspecified atom stereocenters. The SMILES string of the molecule is C=C[C@@]1(C)C[C@H]2OC(C)(C)O[C@@H]3CCC(C)(C)[C@@H]4[C@H](O)[C@H](O)[C@@](C)(O1)[C@H]2[C@@]34C. The van der Waals surface area contributed by atoms with E-state index in [2.05, 4.69) is 27.4 Å². The summed E-state index contributed by atoms with van der Waals surface area (Å²) in [4.78, 5) is 0. The van der Waals surface area contributed by atoms with Gasteiger partial charge in [0.1, 0.15) is 11.7 Å². The Morgan fingerprint density at radius 2 is 1.61 bits per heavy atom. The molecule has 2 aliphatic carbocycles. The Bertz CT molecular complexity index is 674. The van der Waals surface area contributed by atoms with Crippen LogP contribution in [0.2, 0.25) is 0 Å². The average molecular weight is 395 g/mol. The van der Waals surface area contributed by atoms with Gasteiger partial charge in [-0.05, 0) is 46.0 Å². The van der Waals surface area contributed by atoms with Gasteiger partial charge in [-0.3, -0.25) is 0 Å². The van der Waals surface area contributed by atoms with Crippen molar-refractivity contribution in [1.82, 2.24) is 0 Å². The van der Waals surface area contributed by atoms with E-state index in [-0.39, 0.29) is 34.9 Å². The summed E-state index contributed by atoms with van der Waals surface area (Å²) in [6.07, 6.45) is 2.19. The van der Waals surface area contributed by atoms with Gasteiger partial charge < -0.3 is 24.4 Å². The second-order valence-electron chi connectivity index (χ2n) is 11.5. The van der Waals surface area contributed by atoms with Crippen molar-refractivity contribution in [3.63, 3.8) is 0 Å². The zero-order valence-corrected chi connectivity index (χ0v) is 18.5. The van der Waals surface area contributed by atoms with E-state index in [1.54, 1.807) is 6.08 Å². The molecule has 0 radical (unpaired) electrons. The summed E-state index contributed by atoms with van der Waals surface area (Å²) in [6, 6.07) is 0. The van der Waals surface area contributed by atoms with Crippen molar-refractivity contribution in [1.29, 1.82) is 0 Å². The van der Waals surface area contributed by atoms with E-state index in [0.717, 1.165) is 12.8 Å². The summed E-state index contributed by atoms with van der Waals surface area (Å²) >= 11 is 0. The van der Waals surface area contributed by atoms with Gasteiger partial charge in [0.25, 0.3) is 0 Å². The third kappa shape index (κ3) is 2.56. The maximum Gasteiger partial charge on any atom is 0.163 e. The van der Waals surface area contributed by atoms with Gasteiger partial charge in [-0.25, -0.2) is 0 Å². The minimum absolute atomic E-state index is 0.0614. The standard InChI is InChI=1S/C23H38O5/c1-9-21(6)12-13-16-22(7)14(27-20(4,5)26-13)10-11-19(2,3)17(22)15(24)18(25)23(16,8)28-21/h9,13-18,24-25H,1,10-12H2,2-8H3/t13-,14-,15+,16-,17+,18+,21+,22-,23+/m1/s1. The van der Waals surface area contributed by atoms with E-state index in [1.165, 1.54) is 0 Å². The Labute approximate surface area is 169 Å². The molecule has 0 aromatic carbocycles. The Balaban J connectivity index is 1.96. The Kier molecular flexibility index (Phi) is 4.32. The van der Waals surface area contributed by atoms with E-state index in [1.807, 2.05) is 27.7 Å². The van der Waals surface area contributed by atoms with Gasteiger partial charge in [-0.1, -0.05) is 26.8 Å². The van der Waals surface area contributed by atoms with Crippen LogP contribution in [0.1, 0.15) is 67.7 Å². The average Bonchev–Trinajstić information content (AvgIpc) is 2.62. The van der Waals surface area contributed by atoms with Gasteiger partial charge in [-0.2, -0.15) is 0 Å². The zero-order chi connectivity index (χ0) is 20.9. The molecule has 2 saturated carbocycles. The molecule has 0 bridgehead atoms. The van der Waals surface area contributed by atoms with Crippen molar-refractivity contribution in [2.75, 3.05) is 0 Å². The van der Waals surface area contributed by atoms with Crippen molar-refractivity contribution in [2.24, 2.45) is 22.7 Å². The Morgan fingerprint density at radius 3 is 2.21 bits per heavy atom. The molecular formula is C23H38O5. The summed E-state index contributed by atoms with van der Waals surface area (Å²) in [5.41, 5.74) is -2.09. The van der Waals surface area contributed by atoms with E-state index in [0.29, 0.717) is 6.42 Å². The quantitative estimate of drug-likeness (QED) is 0.667. The summed E-state index contributed by atoms with van der Waals surface area (Å²) in [6.45, 7) is 18.5. The van der Waals surface area contributed by atoms with Crippen molar-refractivity contribution >= 4 is 0 Å². The number of ether oxygens (including phenoxy) is 3. The highest BCUT2D eigenvalue weighted by molar-refractivity contribution is 5.23. The Hall–Kier alpha value is -0.460. The smallest absolute Gasteiger partial charge is 0.163 e. The first-order valence-corrected chi connectivity index (χ1v) is 10.8. The van der Waals surface area contributed by atoms with Crippen LogP contribution in [0, 0.1) is 22.7 Å². The summed E-state index contributed by atoms with van der Waals surface area (Å²) < 4.78 is 19.8. The molecular weight excluding hydrogens is 356 g/mol. The van der Waals surface area contributed by atoms with Gasteiger partial charge in [0.05, 0.1) is 23.9 Å². The van der Waals surface area contributed by atoms with Gasteiger partial charge in [0, 0.05) is 23.7 Å². The molecule has 2 saturated heterocycles. The van der Waals surface area contributed by atoms with E-state index < -0.39 is 29.2 Å². The lowest BCUT2D eigenvalue weighted by Gasteiger charge is -2.69. The molecule has 0 amide bonds. The maximum atomic E-state index is 11.4. The van der Waals surface area contributed by atoms with Crippen molar-refractivity contribution in [2.45, 2.75) is 109 Å². The highest BCUT2D eigenvalue weighted by Crippen LogP contribution is 2.68. The molecule has 4 rings (SSSR count). The van der Waals surface area contributed by atoms with Gasteiger partial charge >= 0.3 is 0 Å². The maximum absolute atomic E-state index is 11.4. The molecule has 5 heteroatoms. The molecule has 0 aromatic heterocycles. The molecule has 0 aromatic rings. The fourth-order valence-corrected chi connectivity index (χ4v) is 7.67. The summed E-state index contributed by atoms with van der Waals surface area (Å²) in [5.74, 6) is -0.941. The van der Waals surface area contributed by atoms with Crippen LogP contribution < -0.4 is 0 Å². The fourth-order valence-electron chi connectivity index (χ4n) is 7.67. The Morgan fingerprint density at radius 1 is 0.964 bits per heavy atom. The second kappa shape index (κ2) is 5.82. The molecule has 4 fully saturated rings. The number of hydrogen-bond acceptors (Lipinski definition) is 5. The first-order valence-electron chi connectivity index (χ1n) is 10.8. The minimum atomic E-state index is -1.000. The normalized spacial score (nSPS) is 57.0. The third-order valence-corrected chi connectivity index (χ3v) is 8.52. The second-order valence-corrected chi connectivity index (χ2v) is 11.5. The highest BCUT2D eigenvalue weighted by atomic mass is 16.7. The lowest BCUT2D eigenvalue weighted by atomic mass is 9.41. The molecule has 2 heterocycles.